The van der Waals surface area contributed by atoms with Gasteiger partial charge in [-0.1, -0.05) is 0 Å². The Kier molecular flexibility index (Phi) is 5.51. The minimum Gasteiger partial charge on any atom is -0.456 e. The molecule has 1 aromatic carbocycles. The largest absolute Gasteiger partial charge is 0.456 e. The first kappa shape index (κ1) is 16.0. The Morgan fingerprint density at radius 3 is 2.65 bits per heavy atom. The third kappa shape index (κ3) is 3.70. The monoisotopic (exact) mass is 289 g/mol. The van der Waals surface area contributed by atoms with Crippen LogP contribution in [0.3, 0.4) is 0 Å². The first-order chi connectivity index (χ1) is 9.38. The number of halogens is 2. The number of nitrogens with zero attached hydrogens (tertiary/aromatic N) is 1. The maximum absolute atomic E-state index is 13.7. The molecule has 0 saturated carbocycles. The van der Waals surface area contributed by atoms with Crippen molar-refractivity contribution in [1.29, 1.82) is 0 Å². The maximum atomic E-state index is 13.7. The fraction of sp³-hybridized carbons (Fsp3) is 0.417. The number of hydrogen-bond acceptors (Lipinski definition) is 5. The summed E-state index contributed by atoms with van der Waals surface area (Å²) in [6, 6.07) is 1.29. The van der Waals surface area contributed by atoms with Gasteiger partial charge in [0.2, 0.25) is 5.82 Å². The van der Waals surface area contributed by atoms with Crippen LogP contribution in [-0.2, 0) is 9.47 Å². The molecule has 0 fully saturated rings. The normalized spacial score (nSPS) is 12.0. The van der Waals surface area contributed by atoms with Crippen molar-refractivity contribution < 1.29 is 28.0 Å². The molecular weight excluding hydrogens is 276 g/mol. The summed E-state index contributed by atoms with van der Waals surface area (Å²) in [7, 11) is 0. The fourth-order valence-electron chi connectivity index (χ4n) is 1.43. The summed E-state index contributed by atoms with van der Waals surface area (Å²) in [5, 5.41) is 10.5. The van der Waals surface area contributed by atoms with Crippen LogP contribution in [0.2, 0.25) is 0 Å². The third-order valence-corrected chi connectivity index (χ3v) is 2.34. The highest BCUT2D eigenvalue weighted by atomic mass is 19.1. The summed E-state index contributed by atoms with van der Waals surface area (Å²) in [5.41, 5.74) is -2.07. The zero-order chi connectivity index (χ0) is 15.3. The number of rotatable bonds is 6. The van der Waals surface area contributed by atoms with Crippen molar-refractivity contribution in [1.82, 2.24) is 0 Å². The molecule has 0 amide bonds. The molecule has 0 aromatic heterocycles. The molecule has 0 heterocycles. The van der Waals surface area contributed by atoms with E-state index in [-0.39, 0.29) is 6.61 Å². The van der Waals surface area contributed by atoms with Crippen LogP contribution in [0.4, 0.5) is 14.5 Å². The number of nitro groups is 1. The number of ether oxygens (including phenoxy) is 2. The lowest BCUT2D eigenvalue weighted by Gasteiger charge is -2.13. The molecule has 0 spiro atoms. The van der Waals surface area contributed by atoms with E-state index in [1.165, 1.54) is 6.92 Å². The van der Waals surface area contributed by atoms with Crippen LogP contribution in [-0.4, -0.2) is 30.2 Å². The zero-order valence-corrected chi connectivity index (χ0v) is 10.9. The first-order valence-electron chi connectivity index (χ1n) is 5.79. The highest BCUT2D eigenvalue weighted by Gasteiger charge is 2.28. The van der Waals surface area contributed by atoms with Crippen molar-refractivity contribution in [3.8, 4) is 0 Å². The molecule has 6 nitrogen and oxygen atoms in total. The van der Waals surface area contributed by atoms with E-state index in [1.807, 2.05) is 0 Å². The Morgan fingerprint density at radius 2 is 2.10 bits per heavy atom. The lowest BCUT2D eigenvalue weighted by atomic mass is 10.1. The van der Waals surface area contributed by atoms with Gasteiger partial charge in [-0.15, -0.1) is 0 Å². The van der Waals surface area contributed by atoms with Gasteiger partial charge in [-0.2, -0.15) is 4.39 Å². The molecule has 20 heavy (non-hydrogen) atoms. The van der Waals surface area contributed by atoms with Gasteiger partial charge in [-0.3, -0.25) is 10.1 Å². The van der Waals surface area contributed by atoms with E-state index < -0.39 is 39.9 Å². The summed E-state index contributed by atoms with van der Waals surface area (Å²) in [6.07, 6.45) is -0.736. The minimum atomic E-state index is -1.55. The molecule has 0 N–H and O–H groups in total. The average Bonchev–Trinajstić information content (AvgIpc) is 2.35. The van der Waals surface area contributed by atoms with E-state index in [0.29, 0.717) is 18.7 Å². The van der Waals surface area contributed by atoms with E-state index >= 15 is 0 Å². The van der Waals surface area contributed by atoms with Gasteiger partial charge in [0.15, 0.2) is 0 Å². The van der Waals surface area contributed by atoms with Crippen LogP contribution in [0.1, 0.15) is 24.2 Å². The van der Waals surface area contributed by atoms with Gasteiger partial charge in [0.1, 0.15) is 17.5 Å². The molecule has 0 radical (unpaired) electrons. The van der Waals surface area contributed by atoms with Gasteiger partial charge < -0.3 is 9.47 Å². The molecule has 0 aliphatic rings. The predicted octanol–water partition coefficient (Wildman–Crippen LogP) is 2.45. The van der Waals surface area contributed by atoms with Crippen molar-refractivity contribution in [2.45, 2.75) is 20.0 Å². The standard InChI is InChI=1S/C12H13F2NO5/c1-3-19-6-7(2)20-12(16)10-8(13)4-5-9(11(10)14)15(17)18/h4-5,7H,3,6H2,1-2H3. The Balaban J connectivity index is 2.98. The summed E-state index contributed by atoms with van der Waals surface area (Å²) < 4.78 is 36.9. The molecule has 0 aliphatic heterocycles. The third-order valence-electron chi connectivity index (χ3n) is 2.34. The molecule has 1 aromatic rings. The van der Waals surface area contributed by atoms with Gasteiger partial charge >= 0.3 is 11.7 Å². The Hall–Kier alpha value is -2.09. The van der Waals surface area contributed by atoms with Gasteiger partial charge in [-0.05, 0) is 19.9 Å². The second-order valence-corrected chi connectivity index (χ2v) is 3.89. The highest BCUT2D eigenvalue weighted by Crippen LogP contribution is 2.24. The SMILES string of the molecule is CCOCC(C)OC(=O)c1c(F)ccc([N+](=O)[O-])c1F. The van der Waals surface area contributed by atoms with Crippen LogP contribution < -0.4 is 0 Å². The molecule has 0 saturated heterocycles. The number of carbonyl (C=O) groups is 1. The molecule has 1 atom stereocenters. The van der Waals surface area contributed by atoms with E-state index in [9.17, 15) is 23.7 Å². The van der Waals surface area contributed by atoms with Crippen LogP contribution in [0.25, 0.3) is 0 Å². The van der Waals surface area contributed by atoms with E-state index in [2.05, 4.69) is 0 Å². The quantitative estimate of drug-likeness (QED) is 0.456. The molecule has 1 unspecified atom stereocenters. The van der Waals surface area contributed by atoms with E-state index in [1.54, 1.807) is 6.92 Å². The molecule has 110 valence electrons. The molecule has 0 bridgehead atoms. The van der Waals surface area contributed by atoms with E-state index in [0.717, 1.165) is 0 Å². The lowest BCUT2D eigenvalue weighted by molar-refractivity contribution is -0.387. The van der Waals surface area contributed by atoms with Crippen molar-refractivity contribution in [3.05, 3.63) is 39.4 Å². The first-order valence-corrected chi connectivity index (χ1v) is 5.79. The lowest BCUT2D eigenvalue weighted by Crippen LogP contribution is -2.22. The van der Waals surface area contributed by atoms with Gasteiger partial charge in [0.05, 0.1) is 11.5 Å². The summed E-state index contributed by atoms with van der Waals surface area (Å²) in [6.45, 7) is 3.65. The molecule has 8 heteroatoms. The Labute approximate surface area is 113 Å². The van der Waals surface area contributed by atoms with Crippen LogP contribution in [0.5, 0.6) is 0 Å². The summed E-state index contributed by atoms with van der Waals surface area (Å²) in [4.78, 5) is 21.2. The number of esters is 1. The second-order valence-electron chi connectivity index (χ2n) is 3.89. The molecule has 0 aliphatic carbocycles. The molecular formula is C12H13F2NO5. The van der Waals surface area contributed by atoms with E-state index in [4.69, 9.17) is 9.47 Å². The highest BCUT2D eigenvalue weighted by molar-refractivity contribution is 5.91. The van der Waals surface area contributed by atoms with Gasteiger partial charge in [0.25, 0.3) is 0 Å². The van der Waals surface area contributed by atoms with Gasteiger partial charge in [0, 0.05) is 12.7 Å². The topological polar surface area (TPSA) is 78.7 Å². The number of hydrogen-bond donors (Lipinski definition) is 0. The van der Waals surface area contributed by atoms with Crippen LogP contribution >= 0.6 is 0 Å². The zero-order valence-electron chi connectivity index (χ0n) is 10.9. The average molecular weight is 289 g/mol. The number of nitro benzene ring substituents is 1. The maximum Gasteiger partial charge on any atom is 0.344 e. The van der Waals surface area contributed by atoms with Crippen molar-refractivity contribution in [2.75, 3.05) is 13.2 Å². The summed E-state index contributed by atoms with van der Waals surface area (Å²) >= 11 is 0. The van der Waals surface area contributed by atoms with Crippen molar-refractivity contribution >= 4 is 11.7 Å². The van der Waals surface area contributed by atoms with Crippen molar-refractivity contribution in [2.24, 2.45) is 0 Å². The molecule has 1 rings (SSSR count). The van der Waals surface area contributed by atoms with Crippen molar-refractivity contribution in [3.63, 3.8) is 0 Å². The number of benzene rings is 1. The fourth-order valence-corrected chi connectivity index (χ4v) is 1.43. The predicted molar refractivity (Wildman–Crippen MR) is 64.4 cm³/mol. The Morgan fingerprint density at radius 1 is 1.45 bits per heavy atom. The minimum absolute atomic E-state index is 0.0560. The Bertz CT molecular complexity index is 521. The van der Waals surface area contributed by atoms with Crippen LogP contribution in [0, 0.1) is 21.7 Å². The van der Waals surface area contributed by atoms with Crippen LogP contribution in [0.15, 0.2) is 12.1 Å². The smallest absolute Gasteiger partial charge is 0.344 e. The summed E-state index contributed by atoms with van der Waals surface area (Å²) in [5.74, 6) is -4.08. The van der Waals surface area contributed by atoms with Gasteiger partial charge in [-0.25, -0.2) is 9.18 Å². The second kappa shape index (κ2) is 6.90. The number of carbonyl (C=O) groups excluding carboxylic acids is 1.